The molecule has 1 N–H and O–H groups in total. The van der Waals surface area contributed by atoms with Crippen LogP contribution in [0.1, 0.15) is 11.1 Å². The Morgan fingerprint density at radius 2 is 1.58 bits per heavy atom. The van der Waals surface area contributed by atoms with Gasteiger partial charge in [-0.1, -0.05) is 48.0 Å². The van der Waals surface area contributed by atoms with Crippen molar-refractivity contribution < 1.29 is 8.42 Å². The fourth-order valence-electron chi connectivity index (χ4n) is 2.34. The fourth-order valence-corrected chi connectivity index (χ4v) is 3.64. The highest BCUT2D eigenvalue weighted by Crippen LogP contribution is 2.24. The van der Waals surface area contributed by atoms with E-state index in [1.165, 1.54) is 0 Å². The summed E-state index contributed by atoms with van der Waals surface area (Å²) in [5.41, 5.74) is 2.85. The van der Waals surface area contributed by atoms with Gasteiger partial charge in [0, 0.05) is 16.7 Å². The van der Waals surface area contributed by atoms with Crippen LogP contribution in [0.15, 0.2) is 87.6 Å². The molecule has 0 aliphatic rings. The van der Waals surface area contributed by atoms with Gasteiger partial charge in [-0.2, -0.15) is 0 Å². The van der Waals surface area contributed by atoms with Crippen LogP contribution in [0.25, 0.3) is 0 Å². The minimum atomic E-state index is -3.67. The van der Waals surface area contributed by atoms with Crippen LogP contribution in [0.2, 0.25) is 0 Å². The van der Waals surface area contributed by atoms with Crippen LogP contribution >= 0.6 is 12.6 Å². The molecule has 0 bridgehead atoms. The lowest BCUT2D eigenvalue weighted by Crippen LogP contribution is -2.14. The largest absolute Gasteiger partial charge is 0.279 e. The van der Waals surface area contributed by atoms with Gasteiger partial charge < -0.3 is 0 Å². The van der Waals surface area contributed by atoms with Crippen LogP contribution in [0.4, 0.5) is 11.4 Å². The molecule has 0 spiro atoms. The lowest BCUT2D eigenvalue weighted by Gasteiger charge is -2.10. The van der Waals surface area contributed by atoms with Crippen molar-refractivity contribution in [3.63, 3.8) is 0 Å². The monoisotopic (exact) mass is 382 g/mol. The number of rotatable bonds is 5. The highest BCUT2D eigenvalue weighted by atomic mass is 32.2. The molecule has 0 aliphatic heterocycles. The average molecular weight is 383 g/mol. The lowest BCUT2D eigenvalue weighted by atomic mass is 10.2. The molecule has 26 heavy (non-hydrogen) atoms. The molecule has 0 atom stereocenters. The Morgan fingerprint density at radius 3 is 2.31 bits per heavy atom. The number of nitrogens with zero attached hydrogens (tertiary/aromatic N) is 1. The molecule has 0 radical (unpaired) electrons. The van der Waals surface area contributed by atoms with Gasteiger partial charge in [0.05, 0.1) is 16.3 Å². The summed E-state index contributed by atoms with van der Waals surface area (Å²) in [7, 11) is -3.67. The Hall–Kier alpha value is -2.57. The Morgan fingerprint density at radius 1 is 0.923 bits per heavy atom. The predicted molar refractivity (Wildman–Crippen MR) is 109 cm³/mol. The molecule has 0 amide bonds. The topological polar surface area (TPSA) is 58.5 Å². The van der Waals surface area contributed by atoms with E-state index in [9.17, 15) is 8.42 Å². The number of hydrogen-bond acceptors (Lipinski definition) is 4. The van der Waals surface area contributed by atoms with Crippen molar-refractivity contribution >= 4 is 40.2 Å². The summed E-state index contributed by atoms with van der Waals surface area (Å²) in [5.74, 6) is 0. The maximum Gasteiger partial charge on any atom is 0.261 e. The second kappa shape index (κ2) is 7.76. The third kappa shape index (κ3) is 4.33. The van der Waals surface area contributed by atoms with Crippen molar-refractivity contribution in [3.8, 4) is 0 Å². The minimum absolute atomic E-state index is 0.218. The maximum atomic E-state index is 12.6. The molecule has 6 heteroatoms. The number of anilines is 1. The number of hydrogen-bond donors (Lipinski definition) is 2. The van der Waals surface area contributed by atoms with Crippen LogP contribution in [-0.4, -0.2) is 14.6 Å². The Kier molecular flexibility index (Phi) is 5.44. The van der Waals surface area contributed by atoms with Crippen molar-refractivity contribution in [1.29, 1.82) is 0 Å². The van der Waals surface area contributed by atoms with Gasteiger partial charge in [-0.15, -0.1) is 12.6 Å². The molecule has 4 nitrogen and oxygen atoms in total. The van der Waals surface area contributed by atoms with E-state index < -0.39 is 10.0 Å². The Balaban J connectivity index is 1.90. The number of para-hydroxylation sites is 2. The first-order chi connectivity index (χ1) is 12.5. The van der Waals surface area contributed by atoms with Gasteiger partial charge in [0.15, 0.2) is 0 Å². The Labute approximate surface area is 159 Å². The first-order valence-corrected chi connectivity index (χ1v) is 9.89. The van der Waals surface area contributed by atoms with Gasteiger partial charge >= 0.3 is 0 Å². The molecule has 0 heterocycles. The summed E-state index contributed by atoms with van der Waals surface area (Å²) in [5, 5.41) is 0. The second-order valence-electron chi connectivity index (χ2n) is 5.75. The maximum absolute atomic E-state index is 12.6. The van der Waals surface area contributed by atoms with Gasteiger partial charge in [0.25, 0.3) is 10.0 Å². The van der Waals surface area contributed by atoms with E-state index in [1.807, 2.05) is 37.3 Å². The first kappa shape index (κ1) is 18.2. The van der Waals surface area contributed by atoms with Crippen molar-refractivity contribution in [1.82, 2.24) is 0 Å². The molecule has 0 aromatic heterocycles. The van der Waals surface area contributed by atoms with E-state index in [4.69, 9.17) is 0 Å². The van der Waals surface area contributed by atoms with Gasteiger partial charge in [-0.05, 0) is 37.3 Å². The number of benzene rings is 3. The van der Waals surface area contributed by atoms with E-state index in [0.29, 0.717) is 16.9 Å². The van der Waals surface area contributed by atoms with Crippen molar-refractivity contribution in [3.05, 3.63) is 83.9 Å². The quantitative estimate of drug-likeness (QED) is 0.490. The number of aliphatic imine (C=N–C) groups is 1. The molecule has 3 aromatic carbocycles. The number of aryl methyl sites for hydroxylation is 1. The molecular formula is C20H18N2O2S2. The van der Waals surface area contributed by atoms with Crippen molar-refractivity contribution in [2.75, 3.05) is 4.72 Å². The molecule has 3 aromatic rings. The summed E-state index contributed by atoms with van der Waals surface area (Å²) in [6.45, 7) is 1.91. The minimum Gasteiger partial charge on any atom is -0.279 e. The number of nitrogens with one attached hydrogen (secondary N) is 1. The van der Waals surface area contributed by atoms with Gasteiger partial charge in [-0.3, -0.25) is 9.71 Å². The summed E-state index contributed by atoms with van der Waals surface area (Å²) in [4.78, 5) is 5.38. The van der Waals surface area contributed by atoms with Crippen LogP contribution in [0.3, 0.4) is 0 Å². The normalized spacial score (nSPS) is 11.6. The highest BCUT2D eigenvalue weighted by Gasteiger charge is 2.15. The van der Waals surface area contributed by atoms with E-state index in [1.54, 1.807) is 48.7 Å². The predicted octanol–water partition coefficient (Wildman–Crippen LogP) is 4.84. The fraction of sp³-hybridized carbons (Fsp3) is 0.0500. The van der Waals surface area contributed by atoms with Crippen molar-refractivity contribution in [2.24, 2.45) is 4.99 Å². The second-order valence-corrected chi connectivity index (χ2v) is 7.92. The van der Waals surface area contributed by atoms with E-state index in [-0.39, 0.29) is 4.90 Å². The third-order valence-electron chi connectivity index (χ3n) is 3.76. The van der Waals surface area contributed by atoms with Crippen LogP contribution in [0.5, 0.6) is 0 Å². The molecule has 3 rings (SSSR count). The SMILES string of the molecule is Cc1ccc(S(=O)(=O)Nc2ccccc2C=Nc2ccccc2S)cc1. The van der Waals surface area contributed by atoms with Crippen molar-refractivity contribution in [2.45, 2.75) is 16.7 Å². The molecule has 0 unspecified atom stereocenters. The summed E-state index contributed by atoms with van der Waals surface area (Å²) >= 11 is 4.37. The van der Waals surface area contributed by atoms with Crippen LogP contribution < -0.4 is 4.72 Å². The van der Waals surface area contributed by atoms with E-state index in [0.717, 1.165) is 10.5 Å². The molecular weight excluding hydrogens is 364 g/mol. The Bertz CT molecular complexity index is 1040. The number of thiol groups is 1. The summed E-state index contributed by atoms with van der Waals surface area (Å²) in [6, 6.07) is 21.3. The first-order valence-electron chi connectivity index (χ1n) is 7.96. The summed E-state index contributed by atoms with van der Waals surface area (Å²) < 4.78 is 27.9. The van der Waals surface area contributed by atoms with Crippen LogP contribution in [-0.2, 0) is 10.0 Å². The zero-order chi connectivity index (χ0) is 18.6. The molecule has 0 fully saturated rings. The average Bonchev–Trinajstić information content (AvgIpc) is 2.62. The van der Waals surface area contributed by atoms with E-state index in [2.05, 4.69) is 22.3 Å². The standard InChI is InChI=1S/C20H18N2O2S2/c1-15-10-12-17(13-11-15)26(23,24)22-18-7-3-2-6-16(18)14-21-19-8-4-5-9-20(19)25/h2-14,22,25H,1H3. The third-order valence-corrected chi connectivity index (χ3v) is 5.52. The van der Waals surface area contributed by atoms with Gasteiger partial charge in [-0.25, -0.2) is 8.42 Å². The molecule has 132 valence electrons. The number of sulfonamides is 1. The zero-order valence-electron chi connectivity index (χ0n) is 14.1. The van der Waals surface area contributed by atoms with Crippen LogP contribution in [0, 0.1) is 6.92 Å². The van der Waals surface area contributed by atoms with Gasteiger partial charge in [0.2, 0.25) is 0 Å². The molecule has 0 saturated heterocycles. The van der Waals surface area contributed by atoms with Gasteiger partial charge in [0.1, 0.15) is 0 Å². The summed E-state index contributed by atoms with van der Waals surface area (Å²) in [6.07, 6.45) is 1.63. The highest BCUT2D eigenvalue weighted by molar-refractivity contribution is 7.92. The smallest absolute Gasteiger partial charge is 0.261 e. The molecule has 0 saturated carbocycles. The lowest BCUT2D eigenvalue weighted by molar-refractivity contribution is 0.601. The van der Waals surface area contributed by atoms with E-state index >= 15 is 0 Å². The zero-order valence-corrected chi connectivity index (χ0v) is 15.8. The molecule has 0 aliphatic carbocycles.